The lowest BCUT2D eigenvalue weighted by Crippen LogP contribution is -2.15. The van der Waals surface area contributed by atoms with Gasteiger partial charge in [0.25, 0.3) is 0 Å². The topological polar surface area (TPSA) is 16.4 Å². The zero-order valence-electron chi connectivity index (χ0n) is 28.6. The predicted molar refractivity (Wildman–Crippen MR) is 214 cm³/mol. The number of anilines is 3. The molecule has 0 bridgehead atoms. The van der Waals surface area contributed by atoms with Crippen LogP contribution in [0.1, 0.15) is 25.0 Å². The molecule has 0 atom stereocenters. The Hall–Kier alpha value is -6.38. The fourth-order valence-electron chi connectivity index (χ4n) is 8.42. The first-order chi connectivity index (χ1) is 25.1. The molecule has 1 aliphatic rings. The fourth-order valence-corrected chi connectivity index (χ4v) is 8.42. The van der Waals surface area contributed by atoms with Crippen molar-refractivity contribution in [1.29, 1.82) is 0 Å². The van der Waals surface area contributed by atoms with Crippen molar-refractivity contribution in [3.8, 4) is 33.4 Å². The van der Waals surface area contributed by atoms with E-state index in [1.54, 1.807) is 0 Å². The van der Waals surface area contributed by atoms with Gasteiger partial charge in [0.05, 0.1) is 0 Å². The molecule has 1 aliphatic carbocycles. The van der Waals surface area contributed by atoms with Gasteiger partial charge in [0.2, 0.25) is 0 Å². The van der Waals surface area contributed by atoms with Crippen molar-refractivity contribution in [2.75, 3.05) is 4.90 Å². The van der Waals surface area contributed by atoms with E-state index in [1.807, 2.05) is 0 Å². The molecule has 51 heavy (non-hydrogen) atoms. The van der Waals surface area contributed by atoms with Gasteiger partial charge in [-0.3, -0.25) is 0 Å². The Morgan fingerprint density at radius 2 is 0.980 bits per heavy atom. The Morgan fingerprint density at radius 1 is 0.451 bits per heavy atom. The molecule has 0 N–H and O–H groups in total. The number of furan rings is 1. The molecular formula is C49H35NO. The fraction of sp³-hybridized carbons (Fsp3) is 0.0612. The van der Waals surface area contributed by atoms with Crippen LogP contribution in [0.3, 0.4) is 0 Å². The third-order valence-corrected chi connectivity index (χ3v) is 10.8. The molecule has 0 saturated heterocycles. The van der Waals surface area contributed by atoms with Gasteiger partial charge in [0.1, 0.15) is 11.2 Å². The average molecular weight is 654 g/mol. The first-order valence-electron chi connectivity index (χ1n) is 17.7. The first-order valence-corrected chi connectivity index (χ1v) is 17.7. The molecule has 2 heteroatoms. The summed E-state index contributed by atoms with van der Waals surface area (Å²) >= 11 is 0. The van der Waals surface area contributed by atoms with Crippen LogP contribution in [-0.2, 0) is 5.41 Å². The van der Waals surface area contributed by atoms with Crippen LogP contribution < -0.4 is 4.90 Å². The van der Waals surface area contributed by atoms with Gasteiger partial charge < -0.3 is 9.32 Å². The Bertz CT molecular complexity index is 2660. The maximum Gasteiger partial charge on any atom is 0.143 e. The average Bonchev–Trinajstić information content (AvgIpc) is 3.69. The van der Waals surface area contributed by atoms with E-state index in [0.717, 1.165) is 33.6 Å². The molecule has 0 fully saturated rings. The summed E-state index contributed by atoms with van der Waals surface area (Å²) in [6.07, 6.45) is 0. The molecule has 0 unspecified atom stereocenters. The SMILES string of the molecule is CC1(C)c2ccccc2-c2c1c1c3ccccc3oc1c1ccc(N(c3ccc(-c4ccccc4)cc3)c3ccc(-c4ccccc4)cc3)cc21. The molecule has 1 aromatic heterocycles. The van der Waals surface area contributed by atoms with Gasteiger partial charge in [-0.2, -0.15) is 0 Å². The molecule has 0 aliphatic heterocycles. The lowest BCUT2D eigenvalue weighted by molar-refractivity contribution is 0.659. The third kappa shape index (κ3) is 4.57. The summed E-state index contributed by atoms with van der Waals surface area (Å²) < 4.78 is 6.75. The van der Waals surface area contributed by atoms with Gasteiger partial charge in [0.15, 0.2) is 0 Å². The van der Waals surface area contributed by atoms with Gasteiger partial charge in [0, 0.05) is 38.6 Å². The van der Waals surface area contributed by atoms with Gasteiger partial charge in [-0.25, -0.2) is 0 Å². The van der Waals surface area contributed by atoms with Crippen molar-refractivity contribution in [2.24, 2.45) is 0 Å². The van der Waals surface area contributed by atoms with Crippen LogP contribution in [0.2, 0.25) is 0 Å². The molecule has 0 radical (unpaired) electrons. The van der Waals surface area contributed by atoms with E-state index in [0.29, 0.717) is 0 Å². The van der Waals surface area contributed by atoms with E-state index in [-0.39, 0.29) is 5.41 Å². The monoisotopic (exact) mass is 653 g/mol. The molecule has 9 aromatic rings. The zero-order chi connectivity index (χ0) is 34.1. The highest BCUT2D eigenvalue weighted by atomic mass is 16.3. The van der Waals surface area contributed by atoms with Crippen LogP contribution in [0.25, 0.3) is 66.1 Å². The number of hydrogen-bond acceptors (Lipinski definition) is 2. The normalized spacial score (nSPS) is 13.1. The maximum atomic E-state index is 6.75. The van der Waals surface area contributed by atoms with Crippen LogP contribution >= 0.6 is 0 Å². The van der Waals surface area contributed by atoms with Crippen molar-refractivity contribution < 1.29 is 4.42 Å². The number of hydrogen-bond donors (Lipinski definition) is 0. The van der Waals surface area contributed by atoms with Gasteiger partial charge in [-0.15, -0.1) is 0 Å². The van der Waals surface area contributed by atoms with Crippen LogP contribution in [0.4, 0.5) is 17.1 Å². The zero-order valence-corrected chi connectivity index (χ0v) is 28.6. The largest absolute Gasteiger partial charge is 0.455 e. The van der Waals surface area contributed by atoms with Crippen molar-refractivity contribution in [1.82, 2.24) is 0 Å². The molecule has 0 spiro atoms. The summed E-state index contributed by atoms with van der Waals surface area (Å²) in [5.74, 6) is 0. The van der Waals surface area contributed by atoms with Crippen LogP contribution in [0, 0.1) is 0 Å². The van der Waals surface area contributed by atoms with Gasteiger partial charge in [-0.05, 0) is 98.4 Å². The minimum absolute atomic E-state index is 0.193. The highest BCUT2D eigenvalue weighted by molar-refractivity contribution is 6.23. The van der Waals surface area contributed by atoms with Crippen LogP contribution in [0.5, 0.6) is 0 Å². The Kier molecular flexibility index (Phi) is 6.56. The van der Waals surface area contributed by atoms with Gasteiger partial charge >= 0.3 is 0 Å². The molecule has 1 heterocycles. The molecule has 242 valence electrons. The molecule has 0 amide bonds. The lowest BCUT2D eigenvalue weighted by Gasteiger charge is -2.27. The third-order valence-electron chi connectivity index (χ3n) is 10.8. The van der Waals surface area contributed by atoms with Crippen LogP contribution in [-0.4, -0.2) is 0 Å². The summed E-state index contributed by atoms with van der Waals surface area (Å²) in [6, 6.07) is 63.4. The summed E-state index contributed by atoms with van der Waals surface area (Å²) in [5, 5.41) is 4.75. The minimum atomic E-state index is -0.193. The van der Waals surface area contributed by atoms with E-state index < -0.39 is 0 Å². The number of rotatable bonds is 5. The number of benzene rings is 8. The second-order valence-electron chi connectivity index (χ2n) is 14.1. The Morgan fingerprint density at radius 3 is 1.63 bits per heavy atom. The van der Waals surface area contributed by atoms with E-state index >= 15 is 0 Å². The second kappa shape index (κ2) is 11.3. The van der Waals surface area contributed by atoms with Crippen molar-refractivity contribution in [3.05, 3.63) is 187 Å². The standard InChI is InChI=1S/C49H35NO/c1-49(2)43-19-11-9-17-40(43)45-42-31-38(29-30-39(42)48-46(47(45)49)41-18-10-12-20-44(41)51-48)50(36-25-21-34(22-26-36)32-13-5-3-6-14-32)37-27-23-35(24-28-37)33-15-7-4-8-16-33/h3-31H,1-2H3. The molecule has 2 nitrogen and oxygen atoms in total. The van der Waals surface area contributed by atoms with E-state index in [1.165, 1.54) is 60.7 Å². The summed E-state index contributed by atoms with van der Waals surface area (Å²) in [6.45, 7) is 4.73. The predicted octanol–water partition coefficient (Wildman–Crippen LogP) is 13.8. The molecule has 0 saturated carbocycles. The maximum absolute atomic E-state index is 6.75. The Labute approximate surface area is 297 Å². The van der Waals surface area contributed by atoms with Crippen molar-refractivity contribution >= 4 is 49.8 Å². The van der Waals surface area contributed by atoms with E-state index in [9.17, 15) is 0 Å². The van der Waals surface area contributed by atoms with Crippen molar-refractivity contribution in [2.45, 2.75) is 19.3 Å². The Balaban J connectivity index is 1.22. The summed E-state index contributed by atoms with van der Waals surface area (Å²) in [5.41, 5.74) is 15.1. The minimum Gasteiger partial charge on any atom is -0.455 e. The quantitative estimate of drug-likeness (QED) is 0.184. The van der Waals surface area contributed by atoms with E-state index in [2.05, 4.69) is 195 Å². The number of para-hydroxylation sites is 1. The highest BCUT2D eigenvalue weighted by Crippen LogP contribution is 2.56. The number of fused-ring (bicyclic) bond motifs is 10. The summed E-state index contributed by atoms with van der Waals surface area (Å²) in [7, 11) is 0. The second-order valence-corrected chi connectivity index (χ2v) is 14.1. The lowest BCUT2D eigenvalue weighted by atomic mass is 9.79. The van der Waals surface area contributed by atoms with Crippen molar-refractivity contribution in [3.63, 3.8) is 0 Å². The first kappa shape index (κ1) is 29.5. The summed E-state index contributed by atoms with van der Waals surface area (Å²) in [4.78, 5) is 2.38. The van der Waals surface area contributed by atoms with Crippen LogP contribution in [0.15, 0.2) is 180 Å². The molecule has 8 aromatic carbocycles. The van der Waals surface area contributed by atoms with E-state index in [4.69, 9.17) is 4.42 Å². The smallest absolute Gasteiger partial charge is 0.143 e. The number of nitrogens with zero attached hydrogens (tertiary/aromatic N) is 1. The molecular weight excluding hydrogens is 619 g/mol. The highest BCUT2D eigenvalue weighted by Gasteiger charge is 2.39. The molecule has 10 rings (SSSR count). The van der Waals surface area contributed by atoms with Gasteiger partial charge in [-0.1, -0.05) is 141 Å².